The predicted molar refractivity (Wildman–Crippen MR) is 108 cm³/mol. The van der Waals surface area contributed by atoms with Gasteiger partial charge in [-0.2, -0.15) is 5.26 Å². The number of nitrogens with two attached hydrogens (primary N) is 1. The summed E-state index contributed by atoms with van der Waals surface area (Å²) in [5.41, 5.74) is 9.06. The molecule has 2 bridgehead atoms. The molecule has 3 aromatic rings. The minimum absolute atomic E-state index is 0.0218. The maximum atomic E-state index is 12.8. The molecule has 1 saturated heterocycles. The van der Waals surface area contributed by atoms with Crippen LogP contribution in [0.15, 0.2) is 47.8 Å². The van der Waals surface area contributed by atoms with Crippen molar-refractivity contribution in [2.45, 2.75) is 18.9 Å². The number of nitrogen functional groups attached to an aromatic ring is 1. The number of aromatic nitrogens is 4. The van der Waals surface area contributed by atoms with Gasteiger partial charge in [-0.1, -0.05) is 6.07 Å². The summed E-state index contributed by atoms with van der Waals surface area (Å²) in [5.74, 6) is 1.26. The largest absolute Gasteiger partial charge is 0.382 e. The van der Waals surface area contributed by atoms with Gasteiger partial charge in [-0.05, 0) is 30.0 Å². The Morgan fingerprint density at radius 1 is 1.17 bits per heavy atom. The summed E-state index contributed by atoms with van der Waals surface area (Å²) in [7, 11) is 0. The predicted octanol–water partition coefficient (Wildman–Crippen LogP) is 1.78. The lowest BCUT2D eigenvalue weighted by molar-refractivity contribution is 0.280. The molecule has 8 nitrogen and oxygen atoms in total. The molecule has 5 rings (SSSR count). The first-order valence-electron chi connectivity index (χ1n) is 9.54. The van der Waals surface area contributed by atoms with Crippen molar-refractivity contribution in [3.8, 4) is 17.2 Å². The van der Waals surface area contributed by atoms with Crippen molar-refractivity contribution in [3.63, 3.8) is 0 Å². The molecule has 0 radical (unpaired) electrons. The molecule has 2 aliphatic rings. The first kappa shape index (κ1) is 17.4. The Bertz CT molecular complexity index is 1180. The van der Waals surface area contributed by atoms with E-state index in [1.54, 1.807) is 18.5 Å². The number of hydrogen-bond acceptors (Lipinski definition) is 7. The maximum Gasteiger partial charge on any atom is 0.251 e. The van der Waals surface area contributed by atoms with Crippen LogP contribution in [0.5, 0.6) is 0 Å². The normalized spacial score (nSPS) is 20.0. The zero-order chi connectivity index (χ0) is 20.0. The Morgan fingerprint density at radius 2 is 2.07 bits per heavy atom. The van der Waals surface area contributed by atoms with E-state index in [1.165, 1.54) is 6.33 Å². The smallest absolute Gasteiger partial charge is 0.251 e. The van der Waals surface area contributed by atoms with Crippen molar-refractivity contribution in [1.29, 1.82) is 5.26 Å². The third-order valence-corrected chi connectivity index (χ3v) is 5.82. The molecule has 1 fully saturated rings. The van der Waals surface area contributed by atoms with Gasteiger partial charge in [0, 0.05) is 55.3 Å². The van der Waals surface area contributed by atoms with Gasteiger partial charge in [-0.3, -0.25) is 9.78 Å². The molecule has 0 saturated carbocycles. The molecule has 0 aromatic carbocycles. The van der Waals surface area contributed by atoms with Gasteiger partial charge in [-0.15, -0.1) is 0 Å². The van der Waals surface area contributed by atoms with Crippen LogP contribution in [0.2, 0.25) is 0 Å². The number of nitrogens with zero attached hydrogens (tertiary/aromatic N) is 6. The van der Waals surface area contributed by atoms with Crippen LogP contribution >= 0.6 is 0 Å². The van der Waals surface area contributed by atoms with E-state index in [0.29, 0.717) is 30.4 Å². The summed E-state index contributed by atoms with van der Waals surface area (Å²) in [6, 6.07) is 9.75. The summed E-state index contributed by atoms with van der Waals surface area (Å²) in [6.45, 7) is 2.08. The molecule has 29 heavy (non-hydrogen) atoms. The first-order chi connectivity index (χ1) is 14.1. The zero-order valence-corrected chi connectivity index (χ0v) is 15.7. The van der Waals surface area contributed by atoms with Gasteiger partial charge in [0.2, 0.25) is 0 Å². The van der Waals surface area contributed by atoms with E-state index in [-0.39, 0.29) is 17.3 Å². The fourth-order valence-corrected chi connectivity index (χ4v) is 4.57. The molecule has 2 N–H and O–H groups in total. The van der Waals surface area contributed by atoms with Crippen LogP contribution in [-0.4, -0.2) is 32.6 Å². The second-order valence-corrected chi connectivity index (χ2v) is 7.63. The van der Waals surface area contributed by atoms with E-state index in [9.17, 15) is 10.1 Å². The van der Waals surface area contributed by atoms with E-state index in [1.807, 2.05) is 16.7 Å². The molecule has 144 valence electrons. The molecule has 2 aliphatic heterocycles. The van der Waals surface area contributed by atoms with E-state index >= 15 is 0 Å². The number of anilines is 2. The highest BCUT2D eigenvalue weighted by atomic mass is 16.1. The quantitative estimate of drug-likeness (QED) is 0.715. The molecule has 0 aliphatic carbocycles. The molecule has 0 amide bonds. The zero-order valence-electron chi connectivity index (χ0n) is 15.7. The van der Waals surface area contributed by atoms with E-state index in [0.717, 1.165) is 29.8 Å². The molecular weight excluding hydrogens is 366 g/mol. The van der Waals surface area contributed by atoms with Gasteiger partial charge in [0.05, 0.1) is 0 Å². The summed E-state index contributed by atoms with van der Waals surface area (Å²) in [5, 5.41) is 9.50. The Kier molecular flexibility index (Phi) is 4.02. The highest BCUT2D eigenvalue weighted by molar-refractivity contribution is 5.64. The molecule has 3 aromatic heterocycles. The SMILES string of the molecule is N#Cc1c(N)ncnc1N1C[C@@H]2C[C@H](C1)c1cc(-c3cccnc3)cc(=O)n1C2. The highest BCUT2D eigenvalue weighted by Gasteiger charge is 2.36. The van der Waals surface area contributed by atoms with Crippen LogP contribution < -0.4 is 16.2 Å². The Hall–Kier alpha value is -3.73. The Labute approximate surface area is 167 Å². The van der Waals surface area contributed by atoms with Crippen molar-refractivity contribution >= 4 is 11.6 Å². The second-order valence-electron chi connectivity index (χ2n) is 7.63. The Balaban J connectivity index is 1.55. The lowest BCUT2D eigenvalue weighted by Crippen LogP contribution is -2.47. The molecule has 8 heteroatoms. The first-order valence-corrected chi connectivity index (χ1v) is 9.54. The van der Waals surface area contributed by atoms with Crippen molar-refractivity contribution in [3.05, 3.63) is 64.6 Å². The van der Waals surface area contributed by atoms with E-state index < -0.39 is 0 Å². The van der Waals surface area contributed by atoms with Gasteiger partial charge in [0.15, 0.2) is 5.82 Å². The topological polar surface area (TPSA) is 114 Å². The second kappa shape index (κ2) is 6.71. The maximum absolute atomic E-state index is 12.8. The van der Waals surface area contributed by atoms with Gasteiger partial charge in [0.1, 0.15) is 23.8 Å². The minimum atomic E-state index is 0.0218. The van der Waals surface area contributed by atoms with Crippen LogP contribution in [0, 0.1) is 17.2 Å². The summed E-state index contributed by atoms with van der Waals surface area (Å²) in [6.07, 6.45) is 5.90. The van der Waals surface area contributed by atoms with Gasteiger partial charge in [0.25, 0.3) is 5.56 Å². The highest BCUT2D eigenvalue weighted by Crippen LogP contribution is 2.38. The number of pyridine rings is 2. The summed E-state index contributed by atoms with van der Waals surface area (Å²) in [4.78, 5) is 27.4. The fourth-order valence-electron chi connectivity index (χ4n) is 4.57. The molecule has 2 atom stereocenters. The number of fused-ring (bicyclic) bond motifs is 4. The third-order valence-electron chi connectivity index (χ3n) is 5.82. The van der Waals surface area contributed by atoms with Gasteiger partial charge in [-0.25, -0.2) is 9.97 Å². The van der Waals surface area contributed by atoms with Crippen molar-refractivity contribution < 1.29 is 0 Å². The van der Waals surface area contributed by atoms with Crippen LogP contribution in [0.3, 0.4) is 0 Å². The average Bonchev–Trinajstić information content (AvgIpc) is 2.74. The standard InChI is InChI=1S/C21H19N7O/c22-7-17-20(23)25-12-26-21(17)27-9-13-4-16(11-27)18-5-15(6-19(29)28(18)10-13)14-2-1-3-24-8-14/h1-3,5-6,8,12-13,16H,4,9-11H2,(H2,23,25,26)/t13-,16+/m0/s1. The van der Waals surface area contributed by atoms with Crippen LogP contribution in [0.25, 0.3) is 11.1 Å². The lowest BCUT2D eigenvalue weighted by Gasteiger charge is -2.43. The van der Waals surface area contributed by atoms with Crippen molar-refractivity contribution in [2.75, 3.05) is 23.7 Å². The van der Waals surface area contributed by atoms with Crippen molar-refractivity contribution in [1.82, 2.24) is 19.5 Å². The molecule has 0 unspecified atom stereocenters. The third kappa shape index (κ3) is 2.91. The molecule has 5 heterocycles. The number of piperidine rings is 1. The van der Waals surface area contributed by atoms with Gasteiger partial charge >= 0.3 is 0 Å². The monoisotopic (exact) mass is 385 g/mol. The average molecular weight is 385 g/mol. The molecular formula is C21H19N7O. The van der Waals surface area contributed by atoms with Crippen LogP contribution in [0.1, 0.15) is 23.6 Å². The van der Waals surface area contributed by atoms with E-state index in [4.69, 9.17) is 5.73 Å². The fraction of sp³-hybridized carbons (Fsp3) is 0.286. The number of nitriles is 1. The number of rotatable bonds is 2. The van der Waals surface area contributed by atoms with Crippen LogP contribution in [-0.2, 0) is 6.54 Å². The van der Waals surface area contributed by atoms with Gasteiger partial charge < -0.3 is 15.2 Å². The summed E-state index contributed by atoms with van der Waals surface area (Å²) < 4.78 is 1.90. The Morgan fingerprint density at radius 3 is 2.86 bits per heavy atom. The van der Waals surface area contributed by atoms with Crippen molar-refractivity contribution in [2.24, 2.45) is 5.92 Å². The summed E-state index contributed by atoms with van der Waals surface area (Å²) >= 11 is 0. The molecule has 0 spiro atoms. The lowest BCUT2D eigenvalue weighted by atomic mass is 9.82. The minimum Gasteiger partial charge on any atom is -0.382 e. The van der Waals surface area contributed by atoms with E-state index in [2.05, 4.69) is 32.0 Å². The number of hydrogen-bond donors (Lipinski definition) is 1. The van der Waals surface area contributed by atoms with Crippen LogP contribution in [0.4, 0.5) is 11.6 Å².